The van der Waals surface area contributed by atoms with Crippen LogP contribution in [0.15, 0.2) is 10.8 Å². The summed E-state index contributed by atoms with van der Waals surface area (Å²) in [4.78, 5) is 14.3. The van der Waals surface area contributed by atoms with Gasteiger partial charge in [-0.25, -0.2) is 4.98 Å². The molecule has 0 fully saturated rings. The minimum atomic E-state index is 0.567. The molecule has 0 spiro atoms. The molecule has 2 heterocycles. The van der Waals surface area contributed by atoms with E-state index in [0.717, 1.165) is 16.5 Å². The van der Waals surface area contributed by atoms with E-state index in [9.17, 15) is 4.79 Å². The highest BCUT2D eigenvalue weighted by Crippen LogP contribution is 2.23. The van der Waals surface area contributed by atoms with E-state index in [4.69, 9.17) is 0 Å². The number of aldehydes is 1. The highest BCUT2D eigenvalue weighted by atomic mass is 32.1. The van der Waals surface area contributed by atoms with Crippen molar-refractivity contribution in [2.45, 2.75) is 0 Å². The Balaban J connectivity index is 2.78. The maximum atomic E-state index is 10.2. The van der Waals surface area contributed by atoms with Crippen molar-refractivity contribution in [1.82, 2.24) is 4.98 Å². The molecule has 10 heavy (non-hydrogen) atoms. The lowest BCUT2D eigenvalue weighted by Crippen LogP contribution is -1.71. The van der Waals surface area contributed by atoms with Crippen molar-refractivity contribution in [1.29, 1.82) is 0 Å². The van der Waals surface area contributed by atoms with Crippen LogP contribution in [0.5, 0.6) is 0 Å². The van der Waals surface area contributed by atoms with Crippen LogP contribution in [0.25, 0.3) is 10.2 Å². The van der Waals surface area contributed by atoms with E-state index < -0.39 is 0 Å². The normalized spacial score (nSPS) is 10.4. The van der Waals surface area contributed by atoms with Crippen molar-refractivity contribution in [2.24, 2.45) is 0 Å². The van der Waals surface area contributed by atoms with Gasteiger partial charge in [-0.15, -0.1) is 22.7 Å². The minimum absolute atomic E-state index is 0.567. The molecule has 0 aliphatic rings. The maximum absolute atomic E-state index is 10.2. The van der Waals surface area contributed by atoms with E-state index in [1.807, 2.05) is 10.8 Å². The molecule has 2 aromatic rings. The first-order chi connectivity index (χ1) is 4.90. The summed E-state index contributed by atoms with van der Waals surface area (Å²) in [5.41, 5.74) is 0.942. The number of carbonyl (C=O) groups is 1. The molecule has 2 aromatic heterocycles. The Morgan fingerprint density at radius 3 is 3.10 bits per heavy atom. The molecule has 0 saturated heterocycles. The lowest BCUT2D eigenvalue weighted by Gasteiger charge is -1.68. The smallest absolute Gasteiger partial charge is 0.178 e. The molecule has 0 aliphatic carbocycles. The summed E-state index contributed by atoms with van der Waals surface area (Å²) in [5, 5.41) is 4.51. The molecule has 0 aromatic carbocycles. The van der Waals surface area contributed by atoms with Gasteiger partial charge in [0.2, 0.25) is 0 Å². The second-order valence-corrected chi connectivity index (χ2v) is 3.60. The lowest BCUT2D eigenvalue weighted by atomic mass is 10.6. The van der Waals surface area contributed by atoms with E-state index in [-0.39, 0.29) is 0 Å². The zero-order valence-electron chi connectivity index (χ0n) is 4.90. The van der Waals surface area contributed by atoms with Gasteiger partial charge in [0.15, 0.2) is 11.3 Å². The fourth-order valence-electron chi connectivity index (χ4n) is 0.741. The van der Waals surface area contributed by atoms with Crippen molar-refractivity contribution in [3.05, 3.63) is 15.8 Å². The van der Waals surface area contributed by atoms with Gasteiger partial charge in [-0.2, -0.15) is 0 Å². The highest BCUT2D eigenvalue weighted by Gasteiger charge is 2.01. The summed E-state index contributed by atoms with van der Waals surface area (Å²) < 4.78 is 1.10. The number of fused-ring (bicyclic) bond motifs is 1. The minimum Gasteiger partial charge on any atom is -0.295 e. The maximum Gasteiger partial charge on any atom is 0.178 e. The Bertz CT molecular complexity index is 334. The van der Waals surface area contributed by atoms with Gasteiger partial charge in [0.05, 0.1) is 10.2 Å². The topological polar surface area (TPSA) is 30.0 Å². The molecule has 0 aliphatic heterocycles. The van der Waals surface area contributed by atoms with Crippen LogP contribution in [-0.2, 0) is 0 Å². The Labute approximate surface area is 65.1 Å². The molecule has 0 saturated carbocycles. The summed E-state index contributed by atoms with van der Waals surface area (Å²) in [6, 6.07) is 0. The van der Waals surface area contributed by atoms with E-state index in [1.54, 1.807) is 11.3 Å². The van der Waals surface area contributed by atoms with Crippen molar-refractivity contribution >= 4 is 39.2 Å². The molecule has 2 rings (SSSR count). The summed E-state index contributed by atoms with van der Waals surface area (Å²) in [6.45, 7) is 0. The monoisotopic (exact) mass is 169 g/mol. The largest absolute Gasteiger partial charge is 0.295 e. The van der Waals surface area contributed by atoms with E-state index >= 15 is 0 Å². The molecular weight excluding hydrogens is 166 g/mol. The average molecular weight is 169 g/mol. The van der Waals surface area contributed by atoms with Crippen LogP contribution in [0.4, 0.5) is 0 Å². The first kappa shape index (κ1) is 6.00. The summed E-state index contributed by atoms with van der Waals surface area (Å²) in [5.74, 6) is 0. The fraction of sp³-hybridized carbons (Fsp3) is 0. The number of hydrogen-bond acceptors (Lipinski definition) is 4. The Morgan fingerprint density at radius 1 is 1.50 bits per heavy atom. The predicted molar refractivity (Wildman–Crippen MR) is 42.9 cm³/mol. The van der Waals surface area contributed by atoms with E-state index in [2.05, 4.69) is 4.98 Å². The van der Waals surface area contributed by atoms with Gasteiger partial charge in [0.25, 0.3) is 0 Å². The summed E-state index contributed by atoms with van der Waals surface area (Å²) in [7, 11) is 0. The molecule has 50 valence electrons. The number of thiophene rings is 1. The van der Waals surface area contributed by atoms with Crippen LogP contribution in [-0.4, -0.2) is 11.3 Å². The lowest BCUT2D eigenvalue weighted by molar-refractivity contribution is 0.112. The predicted octanol–water partition coefficient (Wildman–Crippen LogP) is 2.17. The van der Waals surface area contributed by atoms with Gasteiger partial charge >= 0.3 is 0 Å². The Morgan fingerprint density at radius 2 is 2.40 bits per heavy atom. The molecular formula is C6H3NOS2. The van der Waals surface area contributed by atoms with Crippen LogP contribution < -0.4 is 0 Å². The van der Waals surface area contributed by atoms with Crippen LogP contribution in [0, 0.1) is 0 Å². The standard InChI is InChI=1S/C6H3NOS2/c8-1-6-7-4-2-9-3-5(4)10-6/h1-3H. The molecule has 0 unspecified atom stereocenters. The quantitative estimate of drug-likeness (QED) is 0.612. The van der Waals surface area contributed by atoms with Crippen LogP contribution in [0.2, 0.25) is 0 Å². The highest BCUT2D eigenvalue weighted by molar-refractivity contribution is 7.23. The summed E-state index contributed by atoms with van der Waals surface area (Å²) in [6.07, 6.45) is 0.787. The third kappa shape index (κ3) is 0.767. The Hall–Kier alpha value is -0.740. The molecule has 2 nitrogen and oxygen atoms in total. The zero-order chi connectivity index (χ0) is 6.97. The van der Waals surface area contributed by atoms with Gasteiger partial charge in [-0.1, -0.05) is 0 Å². The van der Waals surface area contributed by atoms with E-state index in [1.165, 1.54) is 11.3 Å². The third-order valence-corrected chi connectivity index (χ3v) is 2.98. The van der Waals surface area contributed by atoms with Crippen LogP contribution in [0.1, 0.15) is 9.80 Å². The third-order valence-electron chi connectivity index (χ3n) is 1.15. The molecule has 4 heteroatoms. The molecule has 0 radical (unpaired) electrons. The fourth-order valence-corrected chi connectivity index (χ4v) is 2.42. The number of thiazole rings is 1. The van der Waals surface area contributed by atoms with Gasteiger partial charge < -0.3 is 0 Å². The molecule has 0 bridgehead atoms. The Kier molecular flexibility index (Phi) is 1.28. The zero-order valence-corrected chi connectivity index (χ0v) is 6.54. The summed E-state index contributed by atoms with van der Waals surface area (Å²) >= 11 is 3.05. The van der Waals surface area contributed by atoms with Gasteiger partial charge in [0.1, 0.15) is 0 Å². The van der Waals surface area contributed by atoms with Crippen molar-refractivity contribution < 1.29 is 4.79 Å². The second-order valence-electron chi connectivity index (χ2n) is 1.79. The first-order valence-electron chi connectivity index (χ1n) is 2.68. The molecule has 0 N–H and O–H groups in total. The van der Waals surface area contributed by atoms with Crippen molar-refractivity contribution in [2.75, 3.05) is 0 Å². The molecule has 0 amide bonds. The second kappa shape index (κ2) is 2.14. The van der Waals surface area contributed by atoms with Gasteiger partial charge in [0, 0.05) is 10.8 Å². The average Bonchev–Trinajstić information content (AvgIpc) is 2.42. The SMILES string of the molecule is O=Cc1nc2cscc2s1. The number of nitrogens with zero attached hydrogens (tertiary/aromatic N) is 1. The molecule has 0 atom stereocenters. The van der Waals surface area contributed by atoms with Gasteiger partial charge in [-0.3, -0.25) is 4.79 Å². The number of rotatable bonds is 1. The van der Waals surface area contributed by atoms with Gasteiger partial charge in [-0.05, 0) is 0 Å². The van der Waals surface area contributed by atoms with Crippen LogP contribution >= 0.6 is 22.7 Å². The number of carbonyl (C=O) groups excluding carboxylic acids is 1. The first-order valence-corrected chi connectivity index (χ1v) is 4.44. The van der Waals surface area contributed by atoms with E-state index in [0.29, 0.717) is 5.01 Å². The number of hydrogen-bond donors (Lipinski definition) is 0. The van der Waals surface area contributed by atoms with Crippen LogP contribution in [0.3, 0.4) is 0 Å². The number of aromatic nitrogens is 1. The van der Waals surface area contributed by atoms with Crippen molar-refractivity contribution in [3.63, 3.8) is 0 Å². The van der Waals surface area contributed by atoms with Crippen molar-refractivity contribution in [3.8, 4) is 0 Å².